The van der Waals surface area contributed by atoms with Gasteiger partial charge >= 0.3 is 0 Å². The van der Waals surface area contributed by atoms with Gasteiger partial charge < -0.3 is 9.80 Å². The number of benzene rings is 2. The summed E-state index contributed by atoms with van der Waals surface area (Å²) in [6.45, 7) is 5.00. The molecule has 2 heterocycles. The van der Waals surface area contributed by atoms with Gasteiger partial charge in [0.05, 0.1) is 0 Å². The number of nitrogens with zero attached hydrogens (tertiary/aromatic N) is 5. The number of anilines is 3. The molecule has 0 bridgehead atoms. The van der Waals surface area contributed by atoms with E-state index in [-0.39, 0.29) is 0 Å². The van der Waals surface area contributed by atoms with E-state index in [1.54, 1.807) is 6.33 Å². The van der Waals surface area contributed by atoms with Gasteiger partial charge in [0.15, 0.2) is 0 Å². The van der Waals surface area contributed by atoms with E-state index in [2.05, 4.69) is 79.3 Å². The van der Waals surface area contributed by atoms with Crippen molar-refractivity contribution in [1.82, 2.24) is 14.9 Å². The molecule has 1 aliphatic heterocycles. The van der Waals surface area contributed by atoms with Crippen LogP contribution >= 0.6 is 0 Å². The van der Waals surface area contributed by atoms with Crippen molar-refractivity contribution in [3.63, 3.8) is 0 Å². The molecule has 0 atom stereocenters. The van der Waals surface area contributed by atoms with Crippen molar-refractivity contribution in [2.24, 2.45) is 0 Å². The van der Waals surface area contributed by atoms with E-state index >= 15 is 0 Å². The summed E-state index contributed by atoms with van der Waals surface area (Å²) in [4.78, 5) is 15.9. The summed E-state index contributed by atoms with van der Waals surface area (Å²) in [5, 5.41) is 0. The third kappa shape index (κ3) is 5.00. The van der Waals surface area contributed by atoms with E-state index in [0.717, 1.165) is 50.0 Å². The molecule has 5 heteroatoms. The Labute approximate surface area is 172 Å². The first kappa shape index (κ1) is 19.2. The van der Waals surface area contributed by atoms with Gasteiger partial charge in [-0.25, -0.2) is 9.97 Å². The molecule has 0 saturated carbocycles. The number of hydrogen-bond acceptors (Lipinski definition) is 5. The van der Waals surface area contributed by atoms with E-state index in [1.165, 1.54) is 5.56 Å². The molecule has 1 aromatic heterocycles. The third-order valence-electron chi connectivity index (χ3n) is 5.30. The normalized spacial score (nSPS) is 15.0. The van der Waals surface area contributed by atoms with Crippen LogP contribution in [0.3, 0.4) is 0 Å². The second kappa shape index (κ2) is 9.34. The number of rotatable bonds is 6. The average molecular weight is 386 g/mol. The van der Waals surface area contributed by atoms with Gasteiger partial charge in [-0.2, -0.15) is 0 Å². The zero-order valence-corrected chi connectivity index (χ0v) is 16.9. The molecule has 0 spiro atoms. The Morgan fingerprint density at radius 2 is 1.59 bits per heavy atom. The smallest absolute Gasteiger partial charge is 0.138 e. The molecule has 0 radical (unpaired) electrons. The summed E-state index contributed by atoms with van der Waals surface area (Å²) in [5.74, 6) is 1.91. The Balaban J connectivity index is 1.33. The minimum Gasteiger partial charge on any atom is -0.354 e. The van der Waals surface area contributed by atoms with Gasteiger partial charge in [-0.15, -0.1) is 0 Å². The van der Waals surface area contributed by atoms with E-state index in [0.29, 0.717) is 0 Å². The first-order valence-electron chi connectivity index (χ1n) is 10.1. The highest BCUT2D eigenvalue weighted by molar-refractivity contribution is 5.61. The largest absolute Gasteiger partial charge is 0.354 e. The van der Waals surface area contributed by atoms with Gasteiger partial charge in [0.1, 0.15) is 18.0 Å². The fourth-order valence-corrected chi connectivity index (χ4v) is 3.54. The van der Waals surface area contributed by atoms with Crippen LogP contribution in [-0.4, -0.2) is 54.6 Å². The molecule has 0 aliphatic carbocycles. The van der Waals surface area contributed by atoms with Crippen LogP contribution in [0.1, 0.15) is 5.56 Å². The first-order chi connectivity index (χ1) is 14.3. The fraction of sp³-hybridized carbons (Fsp3) is 0.250. The monoisotopic (exact) mass is 385 g/mol. The Morgan fingerprint density at radius 1 is 0.897 bits per heavy atom. The molecule has 148 valence electrons. The maximum absolute atomic E-state index is 4.52. The Hall–Kier alpha value is -3.18. The van der Waals surface area contributed by atoms with Crippen molar-refractivity contribution >= 4 is 23.4 Å². The van der Waals surface area contributed by atoms with Crippen LogP contribution in [0.15, 0.2) is 79.1 Å². The molecule has 1 fully saturated rings. The number of hydrogen-bond donors (Lipinski definition) is 0. The summed E-state index contributed by atoms with van der Waals surface area (Å²) < 4.78 is 0. The SMILES string of the molecule is CN(c1ccccc1)c1cc(N2CCN(C/C=C/c3ccccc3)CC2)ncn1. The summed E-state index contributed by atoms with van der Waals surface area (Å²) in [7, 11) is 2.04. The second-order valence-corrected chi connectivity index (χ2v) is 7.23. The van der Waals surface area contributed by atoms with Crippen molar-refractivity contribution in [2.45, 2.75) is 0 Å². The van der Waals surface area contributed by atoms with Crippen molar-refractivity contribution < 1.29 is 0 Å². The lowest BCUT2D eigenvalue weighted by molar-refractivity contribution is 0.283. The van der Waals surface area contributed by atoms with Gasteiger partial charge in [-0.05, 0) is 17.7 Å². The van der Waals surface area contributed by atoms with Gasteiger partial charge in [0.25, 0.3) is 0 Å². The molecular formula is C24H27N5. The van der Waals surface area contributed by atoms with Crippen molar-refractivity contribution in [2.75, 3.05) is 49.6 Å². The van der Waals surface area contributed by atoms with Crippen LogP contribution in [-0.2, 0) is 0 Å². The van der Waals surface area contributed by atoms with Crippen molar-refractivity contribution in [1.29, 1.82) is 0 Å². The molecule has 4 rings (SSSR count). The highest BCUT2D eigenvalue weighted by Crippen LogP contribution is 2.24. The molecule has 3 aromatic rings. The maximum atomic E-state index is 4.52. The van der Waals surface area contributed by atoms with Crippen molar-refractivity contribution in [3.05, 3.63) is 84.7 Å². The van der Waals surface area contributed by atoms with E-state index < -0.39 is 0 Å². The van der Waals surface area contributed by atoms with Crippen LogP contribution in [0, 0.1) is 0 Å². The van der Waals surface area contributed by atoms with Crippen molar-refractivity contribution in [3.8, 4) is 0 Å². The van der Waals surface area contributed by atoms with Crippen LogP contribution in [0.5, 0.6) is 0 Å². The first-order valence-corrected chi connectivity index (χ1v) is 10.1. The lowest BCUT2D eigenvalue weighted by Crippen LogP contribution is -2.46. The minimum absolute atomic E-state index is 0.912. The third-order valence-corrected chi connectivity index (χ3v) is 5.30. The molecule has 29 heavy (non-hydrogen) atoms. The average Bonchev–Trinajstić information content (AvgIpc) is 2.80. The van der Waals surface area contributed by atoms with Crippen LogP contribution < -0.4 is 9.80 Å². The molecule has 0 unspecified atom stereocenters. The molecule has 5 nitrogen and oxygen atoms in total. The minimum atomic E-state index is 0.912. The van der Waals surface area contributed by atoms with Gasteiger partial charge in [0, 0.05) is 51.5 Å². The quantitative estimate of drug-likeness (QED) is 0.639. The molecular weight excluding hydrogens is 358 g/mol. The van der Waals surface area contributed by atoms with E-state index in [9.17, 15) is 0 Å². The maximum Gasteiger partial charge on any atom is 0.138 e. The molecule has 0 amide bonds. The van der Waals surface area contributed by atoms with Crippen LogP contribution in [0.2, 0.25) is 0 Å². The van der Waals surface area contributed by atoms with E-state index in [1.807, 2.05) is 31.3 Å². The topological polar surface area (TPSA) is 35.5 Å². The van der Waals surface area contributed by atoms with Gasteiger partial charge in [0.2, 0.25) is 0 Å². The van der Waals surface area contributed by atoms with Gasteiger partial charge in [-0.3, -0.25) is 4.90 Å². The molecule has 2 aromatic carbocycles. The lowest BCUT2D eigenvalue weighted by atomic mass is 10.2. The summed E-state index contributed by atoms with van der Waals surface area (Å²) in [6, 6.07) is 22.8. The zero-order chi connectivity index (χ0) is 19.9. The van der Waals surface area contributed by atoms with E-state index in [4.69, 9.17) is 0 Å². The highest BCUT2D eigenvalue weighted by Gasteiger charge is 2.18. The Bertz CT molecular complexity index is 918. The molecule has 1 aliphatic rings. The summed E-state index contributed by atoms with van der Waals surface area (Å²) in [6.07, 6.45) is 6.12. The number of para-hydroxylation sites is 1. The van der Waals surface area contributed by atoms with Crippen LogP contribution in [0.25, 0.3) is 6.08 Å². The second-order valence-electron chi connectivity index (χ2n) is 7.23. The fourth-order valence-electron chi connectivity index (χ4n) is 3.54. The summed E-state index contributed by atoms with van der Waals surface area (Å²) >= 11 is 0. The molecule has 0 N–H and O–H groups in total. The Morgan fingerprint density at radius 3 is 2.31 bits per heavy atom. The zero-order valence-electron chi connectivity index (χ0n) is 16.9. The lowest BCUT2D eigenvalue weighted by Gasteiger charge is -2.35. The number of piperazine rings is 1. The van der Waals surface area contributed by atoms with Gasteiger partial charge in [-0.1, -0.05) is 60.7 Å². The predicted octanol–water partition coefficient (Wildman–Crippen LogP) is 4.08. The predicted molar refractivity (Wildman–Crippen MR) is 121 cm³/mol. The summed E-state index contributed by atoms with van der Waals surface area (Å²) in [5.41, 5.74) is 2.37. The standard InChI is InChI=1S/C24H27N5/c1-27(22-12-6-3-7-13-22)23-19-24(26-20-25-23)29-17-15-28(16-18-29)14-8-11-21-9-4-2-5-10-21/h2-13,19-20H,14-18H2,1H3/b11-8+. The highest BCUT2D eigenvalue weighted by atomic mass is 15.3. The van der Waals surface area contributed by atoms with Crippen LogP contribution in [0.4, 0.5) is 17.3 Å². The Kier molecular flexibility index (Phi) is 6.17. The number of aromatic nitrogens is 2. The molecule has 1 saturated heterocycles.